The van der Waals surface area contributed by atoms with Gasteiger partial charge in [0.25, 0.3) is 0 Å². The van der Waals surface area contributed by atoms with E-state index in [1.54, 1.807) is 7.11 Å². The fourth-order valence-corrected chi connectivity index (χ4v) is 4.93. The number of anilines is 3. The normalized spacial score (nSPS) is 17.4. The summed E-state index contributed by atoms with van der Waals surface area (Å²) in [6, 6.07) is 15.1. The zero-order valence-electron chi connectivity index (χ0n) is 21.8. The summed E-state index contributed by atoms with van der Waals surface area (Å²) in [5.74, 6) is 3.43. The van der Waals surface area contributed by atoms with Crippen LogP contribution in [0.1, 0.15) is 45.1 Å². The Bertz CT molecular complexity index is 1110. The minimum atomic E-state index is 0. The van der Waals surface area contributed by atoms with E-state index in [0.717, 1.165) is 66.0 Å². The molecule has 7 heteroatoms. The third-order valence-corrected chi connectivity index (χ3v) is 7.02. The van der Waals surface area contributed by atoms with Gasteiger partial charge in [-0.15, -0.1) is 0 Å². The highest BCUT2D eigenvalue weighted by Crippen LogP contribution is 2.30. The molecule has 7 nitrogen and oxygen atoms in total. The lowest BCUT2D eigenvalue weighted by atomic mass is 9.84. The molecule has 1 aliphatic rings. The summed E-state index contributed by atoms with van der Waals surface area (Å²) in [6.07, 6.45) is 6.03. The van der Waals surface area contributed by atoms with Crippen molar-refractivity contribution in [1.82, 2.24) is 15.3 Å². The molecule has 2 aromatic carbocycles. The lowest BCUT2D eigenvalue weighted by molar-refractivity contribution is 0.316. The number of hydrogen-bond acceptors (Lipinski definition) is 7. The summed E-state index contributed by atoms with van der Waals surface area (Å²) < 4.78 is 5.60. The van der Waals surface area contributed by atoms with Crippen molar-refractivity contribution in [3.63, 3.8) is 0 Å². The minimum Gasteiger partial charge on any atom is -0.496 e. The Kier molecular flexibility index (Phi) is 9.76. The van der Waals surface area contributed by atoms with Gasteiger partial charge in [0, 0.05) is 63.5 Å². The van der Waals surface area contributed by atoms with E-state index in [1.165, 1.54) is 24.8 Å². The van der Waals surface area contributed by atoms with E-state index in [9.17, 15) is 0 Å². The van der Waals surface area contributed by atoms with E-state index in [0.29, 0.717) is 6.04 Å². The van der Waals surface area contributed by atoms with E-state index in [-0.39, 0.29) is 7.43 Å². The Morgan fingerprint density at radius 3 is 2.39 bits per heavy atom. The van der Waals surface area contributed by atoms with E-state index in [4.69, 9.17) is 14.7 Å². The van der Waals surface area contributed by atoms with Crippen molar-refractivity contribution in [3.8, 4) is 5.75 Å². The molecule has 1 heterocycles. The van der Waals surface area contributed by atoms with Crippen LogP contribution in [0.3, 0.4) is 0 Å². The van der Waals surface area contributed by atoms with Gasteiger partial charge < -0.3 is 25.2 Å². The van der Waals surface area contributed by atoms with Crippen LogP contribution in [0.25, 0.3) is 10.9 Å². The lowest BCUT2D eigenvalue weighted by Gasteiger charge is -2.29. The molecular formula is C29H44N6O. The van der Waals surface area contributed by atoms with E-state index in [2.05, 4.69) is 50.8 Å². The van der Waals surface area contributed by atoms with Crippen molar-refractivity contribution in [2.24, 2.45) is 5.92 Å². The lowest BCUT2D eigenvalue weighted by Crippen LogP contribution is -2.28. The first-order valence-electron chi connectivity index (χ1n) is 12.7. The summed E-state index contributed by atoms with van der Waals surface area (Å²) in [7, 11) is 9.91. The molecule has 0 amide bonds. The van der Waals surface area contributed by atoms with Gasteiger partial charge in [-0.25, -0.2) is 4.98 Å². The second kappa shape index (κ2) is 12.8. The van der Waals surface area contributed by atoms with Crippen molar-refractivity contribution >= 4 is 28.4 Å². The van der Waals surface area contributed by atoms with E-state index in [1.807, 2.05) is 40.3 Å². The van der Waals surface area contributed by atoms with Gasteiger partial charge >= 0.3 is 0 Å². The highest BCUT2D eigenvalue weighted by atomic mass is 16.5. The molecule has 0 unspecified atom stereocenters. The standard InChI is InChI=1S/C28H40N6O.CH4/c1-33(2)23-15-12-21(26(18-23)35-5)19-29-17-16-20-10-13-22(14-11-20)30-28-31-25-9-7-6-8-24(25)27(32-28)34(3)4;/h6-9,12,15,18,20,22,29H,10-11,13-14,16-17,19H2,1-5H3,(H,30,31,32);1H4. The van der Waals surface area contributed by atoms with Crippen LogP contribution in [-0.4, -0.2) is 57.9 Å². The molecule has 36 heavy (non-hydrogen) atoms. The maximum Gasteiger partial charge on any atom is 0.225 e. The highest BCUT2D eigenvalue weighted by molar-refractivity contribution is 5.90. The molecule has 1 saturated carbocycles. The smallest absolute Gasteiger partial charge is 0.225 e. The predicted octanol–water partition coefficient (Wildman–Crippen LogP) is 5.56. The molecule has 2 N–H and O–H groups in total. The van der Waals surface area contributed by atoms with Gasteiger partial charge in [-0.2, -0.15) is 4.98 Å². The second-order valence-electron chi connectivity index (χ2n) is 10.0. The molecule has 1 aromatic heterocycles. The molecule has 0 saturated heterocycles. The van der Waals surface area contributed by atoms with Crippen LogP contribution in [0.5, 0.6) is 5.75 Å². The van der Waals surface area contributed by atoms with Crippen LogP contribution in [0, 0.1) is 5.92 Å². The Morgan fingerprint density at radius 1 is 0.944 bits per heavy atom. The molecule has 3 aromatic rings. The van der Waals surface area contributed by atoms with Crippen LogP contribution in [0.4, 0.5) is 17.5 Å². The van der Waals surface area contributed by atoms with Gasteiger partial charge in [0.1, 0.15) is 11.6 Å². The molecule has 0 spiro atoms. The zero-order chi connectivity index (χ0) is 24.8. The number of benzene rings is 2. The van der Waals surface area contributed by atoms with Gasteiger partial charge in [-0.1, -0.05) is 25.6 Å². The van der Waals surface area contributed by atoms with Crippen LogP contribution in [0.2, 0.25) is 0 Å². The number of methoxy groups -OCH3 is 1. The van der Waals surface area contributed by atoms with Crippen molar-refractivity contribution < 1.29 is 4.74 Å². The van der Waals surface area contributed by atoms with E-state index >= 15 is 0 Å². The number of aromatic nitrogens is 2. The quantitative estimate of drug-likeness (QED) is 0.359. The number of nitrogens with zero attached hydrogens (tertiary/aromatic N) is 4. The number of rotatable bonds is 10. The molecule has 0 bridgehead atoms. The van der Waals surface area contributed by atoms with Crippen LogP contribution in [-0.2, 0) is 6.54 Å². The molecule has 0 radical (unpaired) electrons. The monoisotopic (exact) mass is 492 g/mol. The third kappa shape index (κ3) is 6.78. The first-order chi connectivity index (χ1) is 16.9. The molecule has 0 aliphatic heterocycles. The Labute approximate surface area is 217 Å². The molecule has 1 fully saturated rings. The average Bonchev–Trinajstić information content (AvgIpc) is 2.87. The number of para-hydroxylation sites is 1. The Balaban J connectivity index is 0.00000361. The fraction of sp³-hybridized carbons (Fsp3) is 0.517. The molecule has 4 rings (SSSR count). The summed E-state index contributed by atoms with van der Waals surface area (Å²) in [6.45, 7) is 1.86. The number of nitrogens with one attached hydrogen (secondary N) is 2. The second-order valence-corrected chi connectivity index (χ2v) is 10.0. The van der Waals surface area contributed by atoms with Gasteiger partial charge in [-0.05, 0) is 62.8 Å². The van der Waals surface area contributed by atoms with Crippen molar-refractivity contribution in [3.05, 3.63) is 48.0 Å². The fourth-order valence-electron chi connectivity index (χ4n) is 4.93. The minimum absolute atomic E-state index is 0. The summed E-state index contributed by atoms with van der Waals surface area (Å²) in [4.78, 5) is 13.7. The number of ether oxygens (including phenoxy) is 1. The third-order valence-electron chi connectivity index (χ3n) is 7.02. The first kappa shape index (κ1) is 27.5. The van der Waals surface area contributed by atoms with Gasteiger partial charge in [0.2, 0.25) is 5.95 Å². The molecule has 0 atom stereocenters. The Hall–Kier alpha value is -3.06. The van der Waals surface area contributed by atoms with E-state index < -0.39 is 0 Å². The maximum absolute atomic E-state index is 5.60. The summed E-state index contributed by atoms with van der Waals surface area (Å²) >= 11 is 0. The summed E-state index contributed by atoms with van der Waals surface area (Å²) in [5.41, 5.74) is 3.35. The Morgan fingerprint density at radius 2 is 1.69 bits per heavy atom. The van der Waals surface area contributed by atoms with Crippen molar-refractivity contribution in [2.45, 2.75) is 52.1 Å². The first-order valence-corrected chi connectivity index (χ1v) is 12.7. The van der Waals surface area contributed by atoms with Gasteiger partial charge in [0.15, 0.2) is 0 Å². The molecule has 1 aliphatic carbocycles. The largest absolute Gasteiger partial charge is 0.496 e. The zero-order valence-corrected chi connectivity index (χ0v) is 21.8. The van der Waals surface area contributed by atoms with Crippen LogP contribution < -0.4 is 25.2 Å². The molecule has 196 valence electrons. The predicted molar refractivity (Wildman–Crippen MR) is 154 cm³/mol. The number of hydrogen-bond donors (Lipinski definition) is 2. The molecular weight excluding hydrogens is 448 g/mol. The van der Waals surface area contributed by atoms with Gasteiger partial charge in [-0.3, -0.25) is 0 Å². The highest BCUT2D eigenvalue weighted by Gasteiger charge is 2.22. The van der Waals surface area contributed by atoms with Crippen molar-refractivity contribution in [1.29, 1.82) is 0 Å². The topological polar surface area (TPSA) is 65.6 Å². The van der Waals surface area contributed by atoms with Crippen LogP contribution in [0.15, 0.2) is 42.5 Å². The van der Waals surface area contributed by atoms with Crippen molar-refractivity contribution in [2.75, 3.05) is 57.0 Å². The van der Waals surface area contributed by atoms with Crippen LogP contribution >= 0.6 is 0 Å². The average molecular weight is 493 g/mol. The summed E-state index contributed by atoms with van der Waals surface area (Å²) in [5, 5.41) is 8.33. The van der Waals surface area contributed by atoms with Gasteiger partial charge in [0.05, 0.1) is 12.6 Å². The maximum atomic E-state index is 5.60. The number of fused-ring (bicyclic) bond motifs is 1. The SMILES string of the molecule is C.COc1cc(N(C)C)ccc1CNCCC1CCC(Nc2nc(N(C)C)c3ccccc3n2)CC1.